The number of nitrogen functional groups attached to an aromatic ring is 1. The molecular formula is C26H19F2N3O3. The molecule has 0 fully saturated rings. The van der Waals surface area contributed by atoms with Gasteiger partial charge in [0.05, 0.1) is 0 Å². The van der Waals surface area contributed by atoms with Gasteiger partial charge < -0.3 is 15.2 Å². The molecule has 0 atom stereocenters. The summed E-state index contributed by atoms with van der Waals surface area (Å²) in [4.78, 5) is 16.6. The lowest BCUT2D eigenvalue weighted by atomic mass is 10.0. The fraction of sp³-hybridized carbons (Fsp3) is 0.0385. The van der Waals surface area contributed by atoms with E-state index in [1.165, 1.54) is 31.2 Å². The molecule has 8 heteroatoms. The Hall–Kier alpha value is -4.59. The molecule has 1 aromatic heterocycles. The molecule has 170 valence electrons. The van der Waals surface area contributed by atoms with Crippen molar-refractivity contribution in [3.05, 3.63) is 113 Å². The van der Waals surface area contributed by atoms with Crippen LogP contribution in [0, 0.1) is 24.0 Å². The fourth-order valence-electron chi connectivity index (χ4n) is 3.15. The van der Waals surface area contributed by atoms with Gasteiger partial charge in [-0.05, 0) is 31.2 Å². The van der Waals surface area contributed by atoms with Crippen LogP contribution in [0.3, 0.4) is 0 Å². The molecular weight excluding hydrogens is 440 g/mol. The van der Waals surface area contributed by atoms with Crippen LogP contribution in [0.15, 0.2) is 78.9 Å². The zero-order chi connectivity index (χ0) is 24.2. The third kappa shape index (κ3) is 4.75. The van der Waals surface area contributed by atoms with Crippen LogP contribution in [0.4, 0.5) is 8.78 Å². The first kappa shape index (κ1) is 22.6. The third-order valence-electron chi connectivity index (χ3n) is 4.94. The van der Waals surface area contributed by atoms with E-state index in [2.05, 4.69) is 4.98 Å². The molecule has 0 bridgehead atoms. The fourth-order valence-corrected chi connectivity index (χ4v) is 3.15. The van der Waals surface area contributed by atoms with Gasteiger partial charge in [-0.1, -0.05) is 54.6 Å². The molecule has 3 aromatic carbocycles. The van der Waals surface area contributed by atoms with Crippen LogP contribution in [-0.2, 0) is 0 Å². The maximum Gasteiger partial charge on any atom is 0.259 e. The van der Waals surface area contributed by atoms with Crippen LogP contribution in [0.1, 0.15) is 27.0 Å². The van der Waals surface area contributed by atoms with E-state index in [0.29, 0.717) is 16.7 Å². The summed E-state index contributed by atoms with van der Waals surface area (Å²) in [6, 6.07) is 21.0. The minimum absolute atomic E-state index is 0.142. The number of ether oxygens (including phenoxy) is 2. The number of nitrogens with one attached hydrogen (secondary N) is 1. The molecule has 0 spiro atoms. The number of hydrogen-bond donors (Lipinski definition) is 2. The van der Waals surface area contributed by atoms with Gasteiger partial charge in [0.1, 0.15) is 17.3 Å². The van der Waals surface area contributed by atoms with Gasteiger partial charge in [0.25, 0.3) is 11.8 Å². The number of nitrogens with two attached hydrogens (primary N) is 1. The van der Waals surface area contributed by atoms with Gasteiger partial charge in [-0.15, -0.1) is 0 Å². The standard InChI is InChI=1S/C26H19F2N3O3/c1-15-21(27)25(31-26(22(15)28)34-20-12-6-10-18(14-20)24(29)30)33-19-11-5-9-17(13-19)23(32)16-7-3-2-4-8-16/h2-14H,1H3,(H3,29,30). The summed E-state index contributed by atoms with van der Waals surface area (Å²) in [6.07, 6.45) is 0. The van der Waals surface area contributed by atoms with Crippen molar-refractivity contribution in [1.82, 2.24) is 4.98 Å². The van der Waals surface area contributed by atoms with E-state index in [1.54, 1.807) is 54.6 Å². The molecule has 0 unspecified atom stereocenters. The van der Waals surface area contributed by atoms with E-state index in [1.807, 2.05) is 0 Å². The molecule has 1 heterocycles. The molecule has 4 rings (SSSR count). The molecule has 0 aliphatic heterocycles. The molecule has 3 N–H and O–H groups in total. The summed E-state index contributed by atoms with van der Waals surface area (Å²) in [5.41, 5.74) is 6.32. The monoisotopic (exact) mass is 459 g/mol. The Morgan fingerprint density at radius 1 is 0.794 bits per heavy atom. The van der Waals surface area contributed by atoms with Crippen molar-refractivity contribution in [2.24, 2.45) is 5.73 Å². The number of halogens is 2. The second-order valence-corrected chi connectivity index (χ2v) is 7.34. The summed E-state index contributed by atoms with van der Waals surface area (Å²) < 4.78 is 40.5. The van der Waals surface area contributed by atoms with Gasteiger partial charge >= 0.3 is 0 Å². The Labute approximate surface area is 194 Å². The van der Waals surface area contributed by atoms with Crippen molar-refractivity contribution in [1.29, 1.82) is 5.41 Å². The predicted octanol–water partition coefficient (Wildman–Crippen LogP) is 5.77. The van der Waals surface area contributed by atoms with Gasteiger partial charge in [0, 0.05) is 22.3 Å². The minimum atomic E-state index is -0.998. The van der Waals surface area contributed by atoms with Gasteiger partial charge in [-0.2, -0.15) is 4.98 Å². The van der Waals surface area contributed by atoms with E-state index in [4.69, 9.17) is 20.6 Å². The van der Waals surface area contributed by atoms with Gasteiger partial charge in [0.2, 0.25) is 0 Å². The average molecular weight is 459 g/mol. The van der Waals surface area contributed by atoms with Crippen LogP contribution in [0.25, 0.3) is 0 Å². The van der Waals surface area contributed by atoms with E-state index in [-0.39, 0.29) is 28.7 Å². The van der Waals surface area contributed by atoms with Crippen LogP contribution in [0.2, 0.25) is 0 Å². The number of ketones is 1. The number of benzene rings is 3. The Morgan fingerprint density at radius 3 is 1.85 bits per heavy atom. The van der Waals surface area contributed by atoms with Gasteiger partial charge in [-0.3, -0.25) is 10.2 Å². The van der Waals surface area contributed by atoms with Crippen LogP contribution < -0.4 is 15.2 Å². The molecule has 34 heavy (non-hydrogen) atoms. The maximum atomic E-state index is 14.8. The number of carbonyl (C=O) groups is 1. The lowest BCUT2D eigenvalue weighted by Gasteiger charge is -2.13. The van der Waals surface area contributed by atoms with Crippen LogP contribution in [0.5, 0.6) is 23.3 Å². The smallest absolute Gasteiger partial charge is 0.259 e. The van der Waals surface area contributed by atoms with Gasteiger partial charge in [0.15, 0.2) is 17.4 Å². The highest BCUT2D eigenvalue weighted by molar-refractivity contribution is 6.09. The average Bonchev–Trinajstić information content (AvgIpc) is 2.86. The zero-order valence-electron chi connectivity index (χ0n) is 18.0. The van der Waals surface area contributed by atoms with Gasteiger partial charge in [-0.25, -0.2) is 8.78 Å². The van der Waals surface area contributed by atoms with Crippen molar-refractivity contribution in [2.75, 3.05) is 0 Å². The van der Waals surface area contributed by atoms with E-state index in [9.17, 15) is 13.6 Å². The zero-order valence-corrected chi connectivity index (χ0v) is 18.0. The Bertz CT molecular complexity index is 1390. The van der Waals surface area contributed by atoms with Crippen molar-refractivity contribution in [2.45, 2.75) is 6.92 Å². The number of nitrogens with zero attached hydrogens (tertiary/aromatic N) is 1. The largest absolute Gasteiger partial charge is 0.436 e. The van der Waals surface area contributed by atoms with Crippen molar-refractivity contribution in [3.63, 3.8) is 0 Å². The number of pyridine rings is 1. The lowest BCUT2D eigenvalue weighted by Crippen LogP contribution is -2.10. The maximum absolute atomic E-state index is 14.8. The van der Waals surface area contributed by atoms with Crippen molar-refractivity contribution >= 4 is 11.6 Å². The Kier molecular flexibility index (Phi) is 6.31. The summed E-state index contributed by atoms with van der Waals surface area (Å²) in [5, 5.41) is 7.52. The van der Waals surface area contributed by atoms with Crippen molar-refractivity contribution < 1.29 is 23.0 Å². The second kappa shape index (κ2) is 9.50. The summed E-state index contributed by atoms with van der Waals surface area (Å²) in [7, 11) is 0. The van der Waals surface area contributed by atoms with Crippen LogP contribution >= 0.6 is 0 Å². The predicted molar refractivity (Wildman–Crippen MR) is 123 cm³/mol. The summed E-state index contributed by atoms with van der Waals surface area (Å²) in [5.74, 6) is -3.14. The first-order valence-corrected chi connectivity index (χ1v) is 10.2. The molecule has 6 nitrogen and oxygen atoms in total. The molecule has 0 saturated carbocycles. The van der Waals surface area contributed by atoms with E-state index in [0.717, 1.165) is 0 Å². The van der Waals surface area contributed by atoms with E-state index < -0.39 is 23.4 Å². The normalized spacial score (nSPS) is 10.6. The summed E-state index contributed by atoms with van der Waals surface area (Å²) >= 11 is 0. The SMILES string of the molecule is Cc1c(F)c(Oc2cccc(C(=N)N)c2)nc(Oc2cccc(C(=O)c3ccccc3)c2)c1F. The highest BCUT2D eigenvalue weighted by Crippen LogP contribution is 2.33. The van der Waals surface area contributed by atoms with Crippen LogP contribution in [-0.4, -0.2) is 16.6 Å². The third-order valence-corrected chi connectivity index (χ3v) is 4.94. The quantitative estimate of drug-likeness (QED) is 0.208. The molecule has 0 aliphatic carbocycles. The number of carbonyl (C=O) groups excluding carboxylic acids is 1. The Morgan fingerprint density at radius 2 is 1.29 bits per heavy atom. The topological polar surface area (TPSA) is 98.3 Å². The minimum Gasteiger partial charge on any atom is -0.436 e. The highest BCUT2D eigenvalue weighted by Gasteiger charge is 2.21. The number of aromatic nitrogens is 1. The number of hydrogen-bond acceptors (Lipinski definition) is 5. The molecule has 0 saturated heterocycles. The highest BCUT2D eigenvalue weighted by atomic mass is 19.1. The molecule has 0 radical (unpaired) electrons. The second-order valence-electron chi connectivity index (χ2n) is 7.34. The molecule has 4 aromatic rings. The first-order valence-electron chi connectivity index (χ1n) is 10.2. The van der Waals surface area contributed by atoms with Crippen molar-refractivity contribution in [3.8, 4) is 23.3 Å². The number of rotatable bonds is 7. The summed E-state index contributed by atoms with van der Waals surface area (Å²) in [6.45, 7) is 1.23. The first-order chi connectivity index (χ1) is 16.3. The Balaban J connectivity index is 1.64. The van der Waals surface area contributed by atoms with E-state index >= 15 is 0 Å². The molecule has 0 amide bonds. The number of amidine groups is 1. The lowest BCUT2D eigenvalue weighted by molar-refractivity contribution is 0.103. The molecule has 0 aliphatic rings.